The summed E-state index contributed by atoms with van der Waals surface area (Å²) in [5.74, 6) is -0.382. The Morgan fingerprint density at radius 2 is 1.76 bits per heavy atom. The summed E-state index contributed by atoms with van der Waals surface area (Å²) in [6, 6.07) is 12.6. The zero-order valence-corrected chi connectivity index (χ0v) is 13.1. The van der Waals surface area contributed by atoms with Gasteiger partial charge in [0.05, 0.1) is 0 Å². The third-order valence-electron chi connectivity index (χ3n) is 3.41. The molecule has 0 radical (unpaired) electrons. The Morgan fingerprint density at radius 1 is 1.04 bits per heavy atom. The maximum atomic E-state index is 12.8. The number of halogens is 1. The molecule has 2 amide bonds. The van der Waals surface area contributed by atoms with Gasteiger partial charge in [0.1, 0.15) is 12.4 Å². The first-order valence-corrected chi connectivity index (χ1v) is 7.54. The number of nitrogens with one attached hydrogen (secondary N) is 2. The average Bonchev–Trinajstić information content (AvgIpc) is 2.65. The molecule has 1 aliphatic heterocycles. The predicted molar refractivity (Wildman–Crippen MR) is 88.1 cm³/mol. The maximum Gasteiger partial charge on any atom is 0.283 e. The number of fused-ring (bicyclic) bond motifs is 1. The van der Waals surface area contributed by atoms with Crippen molar-refractivity contribution in [1.29, 1.82) is 0 Å². The van der Waals surface area contributed by atoms with Gasteiger partial charge >= 0.3 is 0 Å². The standard InChI is InChI=1S/C18H15FN2O4/c19-13-8-5-12(6-9-13)7-10-17(22)20-21-18(23)16-11-24-14-3-1-2-4-15(14)25-16/h1-10,16H,11H2,(H,20,22)(H,21,23)/b10-7+. The van der Waals surface area contributed by atoms with Crippen molar-refractivity contribution in [3.63, 3.8) is 0 Å². The van der Waals surface area contributed by atoms with Gasteiger partial charge in [-0.05, 0) is 35.9 Å². The van der Waals surface area contributed by atoms with Gasteiger partial charge < -0.3 is 9.47 Å². The number of hydrazine groups is 1. The van der Waals surface area contributed by atoms with E-state index in [1.54, 1.807) is 24.3 Å². The lowest BCUT2D eigenvalue weighted by Crippen LogP contribution is -2.50. The summed E-state index contributed by atoms with van der Waals surface area (Å²) >= 11 is 0. The van der Waals surface area contributed by atoms with Crippen LogP contribution in [0.3, 0.4) is 0 Å². The fourth-order valence-corrected chi connectivity index (χ4v) is 2.14. The summed E-state index contributed by atoms with van der Waals surface area (Å²) in [5.41, 5.74) is 5.18. The van der Waals surface area contributed by atoms with Gasteiger partial charge in [-0.25, -0.2) is 4.39 Å². The van der Waals surface area contributed by atoms with Gasteiger partial charge in [-0.3, -0.25) is 20.4 Å². The van der Waals surface area contributed by atoms with Crippen LogP contribution in [0.4, 0.5) is 4.39 Å². The third kappa shape index (κ3) is 4.35. The molecule has 0 aromatic heterocycles. The second-order valence-electron chi connectivity index (χ2n) is 5.23. The van der Waals surface area contributed by atoms with Crippen LogP contribution in [0.25, 0.3) is 6.08 Å². The Balaban J connectivity index is 1.49. The number of carbonyl (C=O) groups excluding carboxylic acids is 2. The van der Waals surface area contributed by atoms with Crippen LogP contribution in [0, 0.1) is 5.82 Å². The van der Waals surface area contributed by atoms with Gasteiger partial charge in [-0.2, -0.15) is 0 Å². The van der Waals surface area contributed by atoms with Gasteiger partial charge in [0, 0.05) is 6.08 Å². The quantitative estimate of drug-likeness (QED) is 0.659. The molecule has 2 aromatic carbocycles. The van der Waals surface area contributed by atoms with Gasteiger partial charge in [-0.1, -0.05) is 24.3 Å². The number of hydrogen-bond donors (Lipinski definition) is 2. The highest BCUT2D eigenvalue weighted by atomic mass is 19.1. The fourth-order valence-electron chi connectivity index (χ4n) is 2.14. The SMILES string of the molecule is O=C(/C=C/c1ccc(F)cc1)NNC(=O)C1COc2ccccc2O1. The van der Waals surface area contributed by atoms with Crippen molar-refractivity contribution in [2.45, 2.75) is 6.10 Å². The van der Waals surface area contributed by atoms with Crippen LogP contribution in [0.2, 0.25) is 0 Å². The molecule has 0 bridgehead atoms. The zero-order valence-electron chi connectivity index (χ0n) is 13.1. The summed E-state index contributed by atoms with van der Waals surface area (Å²) in [6.45, 7) is 0.0458. The highest BCUT2D eigenvalue weighted by Crippen LogP contribution is 2.30. The van der Waals surface area contributed by atoms with Crippen LogP contribution in [0.5, 0.6) is 11.5 Å². The van der Waals surface area contributed by atoms with Gasteiger partial charge in [-0.15, -0.1) is 0 Å². The van der Waals surface area contributed by atoms with Crippen molar-refractivity contribution in [3.8, 4) is 11.5 Å². The van der Waals surface area contributed by atoms with E-state index in [-0.39, 0.29) is 12.4 Å². The summed E-state index contributed by atoms with van der Waals surface area (Å²) in [6.07, 6.45) is 1.86. The number of rotatable bonds is 3. The van der Waals surface area contributed by atoms with Crippen molar-refractivity contribution in [2.24, 2.45) is 0 Å². The van der Waals surface area contributed by atoms with E-state index >= 15 is 0 Å². The maximum absolute atomic E-state index is 12.8. The minimum Gasteiger partial charge on any atom is -0.485 e. The van der Waals surface area contributed by atoms with Crippen LogP contribution >= 0.6 is 0 Å². The molecule has 3 rings (SSSR count). The Hall–Kier alpha value is -3.35. The summed E-state index contributed by atoms with van der Waals surface area (Å²) in [5, 5.41) is 0. The lowest BCUT2D eigenvalue weighted by Gasteiger charge is -2.25. The summed E-state index contributed by atoms with van der Waals surface area (Å²) in [7, 11) is 0. The minimum absolute atomic E-state index is 0.0458. The molecule has 0 saturated heterocycles. The monoisotopic (exact) mass is 342 g/mol. The van der Waals surface area contributed by atoms with Gasteiger partial charge in [0.2, 0.25) is 6.10 Å². The first kappa shape index (κ1) is 16.5. The molecule has 1 heterocycles. The largest absolute Gasteiger partial charge is 0.485 e. The van der Waals surface area contributed by atoms with Crippen LogP contribution in [0.1, 0.15) is 5.56 Å². The number of amides is 2. The molecular weight excluding hydrogens is 327 g/mol. The van der Waals surface area contributed by atoms with Crippen molar-refractivity contribution in [1.82, 2.24) is 10.9 Å². The molecule has 0 spiro atoms. The molecule has 1 aliphatic rings. The van der Waals surface area contributed by atoms with Crippen molar-refractivity contribution < 1.29 is 23.5 Å². The summed E-state index contributed by atoms with van der Waals surface area (Å²) in [4.78, 5) is 23.7. The first-order valence-electron chi connectivity index (χ1n) is 7.54. The highest BCUT2D eigenvalue weighted by Gasteiger charge is 2.27. The molecule has 0 aliphatic carbocycles. The Bertz CT molecular complexity index is 805. The molecule has 2 N–H and O–H groups in total. The first-order chi connectivity index (χ1) is 12.1. The fraction of sp³-hybridized carbons (Fsp3) is 0.111. The number of hydrogen-bond acceptors (Lipinski definition) is 4. The van der Waals surface area contributed by atoms with Crippen LogP contribution in [0.15, 0.2) is 54.6 Å². The average molecular weight is 342 g/mol. The van der Waals surface area contributed by atoms with E-state index in [1.165, 1.54) is 36.4 Å². The Labute approximate surface area is 143 Å². The molecule has 2 aromatic rings. The normalized spacial score (nSPS) is 15.6. The van der Waals surface area contributed by atoms with E-state index in [4.69, 9.17) is 9.47 Å². The second kappa shape index (κ2) is 7.48. The number of carbonyl (C=O) groups is 2. The van der Waals surface area contributed by atoms with Crippen LogP contribution < -0.4 is 20.3 Å². The van der Waals surface area contributed by atoms with E-state index in [2.05, 4.69) is 10.9 Å². The topological polar surface area (TPSA) is 76.7 Å². The Kier molecular flexibility index (Phi) is 4.94. The number of benzene rings is 2. The van der Waals surface area contributed by atoms with E-state index < -0.39 is 17.9 Å². The molecule has 25 heavy (non-hydrogen) atoms. The van der Waals surface area contributed by atoms with E-state index in [9.17, 15) is 14.0 Å². The van der Waals surface area contributed by atoms with E-state index in [0.29, 0.717) is 17.1 Å². The van der Waals surface area contributed by atoms with Crippen molar-refractivity contribution in [3.05, 3.63) is 66.0 Å². The number of para-hydroxylation sites is 2. The van der Waals surface area contributed by atoms with Crippen LogP contribution in [-0.4, -0.2) is 24.5 Å². The molecule has 7 heteroatoms. The molecule has 0 fully saturated rings. The molecular formula is C18H15FN2O4. The van der Waals surface area contributed by atoms with Gasteiger partial charge in [0.15, 0.2) is 11.5 Å². The lowest BCUT2D eigenvalue weighted by atomic mass is 10.2. The van der Waals surface area contributed by atoms with Crippen molar-refractivity contribution in [2.75, 3.05) is 6.61 Å². The Morgan fingerprint density at radius 3 is 2.52 bits per heavy atom. The zero-order chi connectivity index (χ0) is 17.6. The second-order valence-corrected chi connectivity index (χ2v) is 5.23. The predicted octanol–water partition coefficient (Wildman–Crippen LogP) is 1.83. The molecule has 6 nitrogen and oxygen atoms in total. The molecule has 128 valence electrons. The van der Waals surface area contributed by atoms with E-state index in [0.717, 1.165) is 0 Å². The lowest BCUT2D eigenvalue weighted by molar-refractivity contribution is -0.134. The van der Waals surface area contributed by atoms with Crippen molar-refractivity contribution >= 4 is 17.9 Å². The molecule has 1 unspecified atom stereocenters. The smallest absolute Gasteiger partial charge is 0.283 e. The summed E-state index contributed by atoms with van der Waals surface area (Å²) < 4.78 is 23.8. The van der Waals surface area contributed by atoms with E-state index in [1.807, 2.05) is 0 Å². The third-order valence-corrected chi connectivity index (χ3v) is 3.41. The molecule has 0 saturated carbocycles. The number of ether oxygens (including phenoxy) is 2. The highest BCUT2D eigenvalue weighted by molar-refractivity contribution is 5.93. The molecule has 1 atom stereocenters. The minimum atomic E-state index is -0.865. The van der Waals surface area contributed by atoms with Crippen LogP contribution in [-0.2, 0) is 9.59 Å². The van der Waals surface area contributed by atoms with Gasteiger partial charge in [0.25, 0.3) is 11.8 Å².